The van der Waals surface area contributed by atoms with Crippen molar-refractivity contribution in [1.82, 2.24) is 5.32 Å². The first kappa shape index (κ1) is 6.88. The lowest BCUT2D eigenvalue weighted by Gasteiger charge is -2.65. The minimum Gasteiger partial charge on any atom is -0.465 e. The number of carboxylic acid groups (broad SMARTS) is 1. The van der Waals surface area contributed by atoms with Crippen LogP contribution in [0.5, 0.6) is 0 Å². The van der Waals surface area contributed by atoms with Gasteiger partial charge in [-0.1, -0.05) is 0 Å². The SMILES string of the molecule is O=C(O)NCC12CC(F)(C1)C2. The van der Waals surface area contributed by atoms with E-state index in [0.29, 0.717) is 25.8 Å². The summed E-state index contributed by atoms with van der Waals surface area (Å²) in [6.07, 6.45) is 0.656. The monoisotopic (exact) mass is 159 g/mol. The summed E-state index contributed by atoms with van der Waals surface area (Å²) in [4.78, 5) is 10.1. The van der Waals surface area contributed by atoms with E-state index >= 15 is 0 Å². The van der Waals surface area contributed by atoms with E-state index in [4.69, 9.17) is 5.11 Å². The molecule has 3 fully saturated rings. The minimum atomic E-state index is -1.01. The lowest BCUT2D eigenvalue weighted by Crippen LogP contribution is -2.67. The van der Waals surface area contributed by atoms with Crippen LogP contribution in [0, 0.1) is 5.41 Å². The van der Waals surface area contributed by atoms with E-state index in [1.54, 1.807) is 0 Å². The molecule has 3 nitrogen and oxygen atoms in total. The second-order valence-corrected chi connectivity index (χ2v) is 3.84. The molecule has 0 aromatic rings. The fourth-order valence-corrected chi connectivity index (χ4v) is 2.31. The van der Waals surface area contributed by atoms with Crippen molar-refractivity contribution in [3.63, 3.8) is 0 Å². The lowest BCUT2D eigenvalue weighted by molar-refractivity contribution is -0.208. The molecule has 0 aromatic carbocycles. The molecule has 62 valence electrons. The minimum absolute atomic E-state index is 0.00681. The average Bonchev–Trinajstić information content (AvgIpc) is 1.75. The molecule has 3 aliphatic rings. The Morgan fingerprint density at radius 2 is 2.09 bits per heavy atom. The van der Waals surface area contributed by atoms with Crippen LogP contribution in [0.2, 0.25) is 0 Å². The molecule has 2 N–H and O–H groups in total. The second kappa shape index (κ2) is 1.68. The summed E-state index contributed by atoms with van der Waals surface area (Å²) in [6.45, 7) is 0.425. The zero-order valence-electron chi connectivity index (χ0n) is 6.06. The lowest BCUT2D eigenvalue weighted by atomic mass is 9.42. The summed E-state index contributed by atoms with van der Waals surface area (Å²) < 4.78 is 12.9. The molecular formula is C7H10FNO2. The number of carbonyl (C=O) groups is 1. The molecule has 0 aliphatic heterocycles. The Morgan fingerprint density at radius 1 is 1.55 bits per heavy atom. The third kappa shape index (κ3) is 0.886. The molecule has 3 rings (SSSR count). The van der Waals surface area contributed by atoms with Crippen molar-refractivity contribution in [2.24, 2.45) is 5.41 Å². The van der Waals surface area contributed by atoms with Crippen LogP contribution in [0.25, 0.3) is 0 Å². The Balaban J connectivity index is 1.78. The number of alkyl halides is 1. The van der Waals surface area contributed by atoms with Crippen molar-refractivity contribution in [3.8, 4) is 0 Å². The maximum absolute atomic E-state index is 12.9. The molecule has 0 unspecified atom stereocenters. The number of nitrogens with one attached hydrogen (secondary N) is 1. The van der Waals surface area contributed by atoms with Crippen LogP contribution >= 0.6 is 0 Å². The average molecular weight is 159 g/mol. The van der Waals surface area contributed by atoms with Crippen LogP contribution in [-0.2, 0) is 0 Å². The first-order valence-corrected chi connectivity index (χ1v) is 3.70. The predicted molar refractivity (Wildman–Crippen MR) is 36.2 cm³/mol. The van der Waals surface area contributed by atoms with Gasteiger partial charge in [-0.3, -0.25) is 0 Å². The van der Waals surface area contributed by atoms with Crippen LogP contribution in [0.4, 0.5) is 9.18 Å². The molecule has 2 bridgehead atoms. The van der Waals surface area contributed by atoms with Crippen molar-refractivity contribution in [2.45, 2.75) is 24.9 Å². The van der Waals surface area contributed by atoms with Gasteiger partial charge in [-0.15, -0.1) is 0 Å². The molecule has 1 amide bonds. The van der Waals surface area contributed by atoms with Gasteiger partial charge in [-0.2, -0.15) is 0 Å². The summed E-state index contributed by atoms with van der Waals surface area (Å²) in [5.41, 5.74) is -0.923. The summed E-state index contributed by atoms with van der Waals surface area (Å²) in [7, 11) is 0. The molecule has 0 aromatic heterocycles. The third-order valence-corrected chi connectivity index (χ3v) is 2.69. The van der Waals surface area contributed by atoms with Crippen LogP contribution < -0.4 is 5.32 Å². The Morgan fingerprint density at radius 3 is 2.45 bits per heavy atom. The summed E-state index contributed by atoms with van der Waals surface area (Å²) in [5.74, 6) is 0. The second-order valence-electron chi connectivity index (χ2n) is 3.84. The largest absolute Gasteiger partial charge is 0.465 e. The standard InChI is InChI=1S/C7H10FNO2/c8-7-1-6(2-7,3-7)4-9-5(10)11/h9H,1-4H2,(H,10,11). The van der Waals surface area contributed by atoms with Crippen LogP contribution in [0.15, 0.2) is 0 Å². The van der Waals surface area contributed by atoms with Gasteiger partial charge in [0.1, 0.15) is 5.67 Å². The third-order valence-electron chi connectivity index (χ3n) is 2.69. The molecule has 0 radical (unpaired) electrons. The van der Waals surface area contributed by atoms with Crippen LogP contribution in [0.3, 0.4) is 0 Å². The van der Waals surface area contributed by atoms with Gasteiger partial charge in [0.25, 0.3) is 0 Å². The smallest absolute Gasteiger partial charge is 0.404 e. The highest BCUT2D eigenvalue weighted by Gasteiger charge is 2.68. The van der Waals surface area contributed by atoms with Gasteiger partial charge in [-0.25, -0.2) is 9.18 Å². The number of hydrogen-bond donors (Lipinski definition) is 2. The highest BCUT2D eigenvalue weighted by molar-refractivity contribution is 5.64. The highest BCUT2D eigenvalue weighted by Crippen LogP contribution is 2.69. The molecule has 4 heteroatoms. The topological polar surface area (TPSA) is 49.3 Å². The highest BCUT2D eigenvalue weighted by atomic mass is 19.1. The summed E-state index contributed by atoms with van der Waals surface area (Å²) >= 11 is 0. The van der Waals surface area contributed by atoms with Crippen LogP contribution in [0.1, 0.15) is 19.3 Å². The van der Waals surface area contributed by atoms with Crippen molar-refractivity contribution in [3.05, 3.63) is 0 Å². The summed E-state index contributed by atoms with van der Waals surface area (Å²) in [5, 5.41) is 10.6. The maximum atomic E-state index is 12.9. The molecule has 0 heterocycles. The fraction of sp³-hybridized carbons (Fsp3) is 0.857. The normalized spacial score (nSPS) is 45.5. The Hall–Kier alpha value is -0.800. The molecule has 0 atom stereocenters. The van der Waals surface area contributed by atoms with E-state index in [9.17, 15) is 9.18 Å². The van der Waals surface area contributed by atoms with E-state index in [-0.39, 0.29) is 5.41 Å². The predicted octanol–water partition coefficient (Wildman–Crippen LogP) is 1.15. The zero-order valence-corrected chi connectivity index (χ0v) is 6.06. The van der Waals surface area contributed by atoms with Gasteiger partial charge in [0.2, 0.25) is 0 Å². The molecule has 0 saturated heterocycles. The van der Waals surface area contributed by atoms with Gasteiger partial charge in [0.15, 0.2) is 0 Å². The molecule has 11 heavy (non-hydrogen) atoms. The quantitative estimate of drug-likeness (QED) is 0.634. The number of rotatable bonds is 2. The molecule has 3 aliphatic carbocycles. The number of halogens is 1. The van der Waals surface area contributed by atoms with Crippen molar-refractivity contribution in [1.29, 1.82) is 0 Å². The van der Waals surface area contributed by atoms with E-state index in [2.05, 4.69) is 5.32 Å². The molecule has 0 spiro atoms. The Bertz CT molecular complexity index is 197. The van der Waals surface area contributed by atoms with Crippen molar-refractivity contribution < 1.29 is 14.3 Å². The van der Waals surface area contributed by atoms with Crippen LogP contribution in [-0.4, -0.2) is 23.4 Å². The van der Waals surface area contributed by atoms with Gasteiger partial charge in [-0.05, 0) is 24.7 Å². The van der Waals surface area contributed by atoms with Gasteiger partial charge >= 0.3 is 6.09 Å². The molecular weight excluding hydrogens is 149 g/mol. The number of hydrogen-bond acceptors (Lipinski definition) is 1. The Labute approximate surface area is 63.6 Å². The van der Waals surface area contributed by atoms with E-state index < -0.39 is 11.8 Å². The Kier molecular flexibility index (Phi) is 1.05. The van der Waals surface area contributed by atoms with Gasteiger partial charge in [0, 0.05) is 6.54 Å². The van der Waals surface area contributed by atoms with Crippen molar-refractivity contribution >= 4 is 6.09 Å². The van der Waals surface area contributed by atoms with Gasteiger partial charge in [0.05, 0.1) is 0 Å². The van der Waals surface area contributed by atoms with E-state index in [1.165, 1.54) is 0 Å². The van der Waals surface area contributed by atoms with E-state index in [1.807, 2.05) is 0 Å². The van der Waals surface area contributed by atoms with Gasteiger partial charge < -0.3 is 10.4 Å². The zero-order chi connectivity index (χ0) is 8.11. The molecule has 3 saturated carbocycles. The number of amides is 1. The maximum Gasteiger partial charge on any atom is 0.404 e. The first-order valence-electron chi connectivity index (χ1n) is 3.70. The van der Waals surface area contributed by atoms with Crippen molar-refractivity contribution in [2.75, 3.05) is 6.54 Å². The first-order chi connectivity index (χ1) is 5.04. The summed E-state index contributed by atoms with van der Waals surface area (Å²) in [6, 6.07) is 0. The fourth-order valence-electron chi connectivity index (χ4n) is 2.31. The van der Waals surface area contributed by atoms with E-state index in [0.717, 1.165) is 0 Å².